The van der Waals surface area contributed by atoms with Crippen LogP contribution in [-0.4, -0.2) is 16.8 Å². The van der Waals surface area contributed by atoms with Gasteiger partial charge >= 0.3 is 0 Å². The first-order valence-electron chi connectivity index (χ1n) is 6.91. The Morgan fingerprint density at radius 3 is 2.27 bits per heavy atom. The Morgan fingerprint density at radius 1 is 1.09 bits per heavy atom. The van der Waals surface area contributed by atoms with Gasteiger partial charge in [0.15, 0.2) is 5.13 Å². The van der Waals surface area contributed by atoms with E-state index in [1.807, 2.05) is 50.4 Å². The Hall–Kier alpha value is -2.21. The standard InChI is InChI=1S/C16H19N3O2S/c1-10(20)17-15-19-13(9-22-15)11-5-7-12(8-6-11)18-14(21)16(2,3)4/h5-9H,1-4H3,(H,18,21)(H,17,19,20). The molecule has 0 unspecified atom stereocenters. The molecule has 0 aliphatic carbocycles. The molecule has 2 N–H and O–H groups in total. The van der Waals surface area contributed by atoms with E-state index in [1.165, 1.54) is 18.3 Å². The van der Waals surface area contributed by atoms with Gasteiger partial charge in [-0.25, -0.2) is 4.98 Å². The highest BCUT2D eigenvalue weighted by molar-refractivity contribution is 7.14. The molecule has 0 atom stereocenters. The average molecular weight is 317 g/mol. The van der Waals surface area contributed by atoms with Crippen LogP contribution in [0.5, 0.6) is 0 Å². The van der Waals surface area contributed by atoms with Gasteiger partial charge < -0.3 is 10.6 Å². The molecule has 116 valence electrons. The van der Waals surface area contributed by atoms with Gasteiger partial charge in [-0.2, -0.15) is 0 Å². The lowest BCUT2D eigenvalue weighted by atomic mass is 9.95. The fourth-order valence-electron chi connectivity index (χ4n) is 1.66. The summed E-state index contributed by atoms with van der Waals surface area (Å²) in [6.45, 7) is 7.06. The van der Waals surface area contributed by atoms with E-state index in [9.17, 15) is 9.59 Å². The Morgan fingerprint density at radius 2 is 1.73 bits per heavy atom. The molecule has 0 aliphatic rings. The van der Waals surface area contributed by atoms with Gasteiger partial charge in [-0.1, -0.05) is 32.9 Å². The monoisotopic (exact) mass is 317 g/mol. The predicted molar refractivity (Wildman–Crippen MR) is 89.9 cm³/mol. The van der Waals surface area contributed by atoms with Crippen molar-refractivity contribution in [2.75, 3.05) is 10.6 Å². The van der Waals surface area contributed by atoms with Crippen molar-refractivity contribution in [2.24, 2.45) is 5.41 Å². The van der Waals surface area contributed by atoms with E-state index in [0.717, 1.165) is 16.9 Å². The van der Waals surface area contributed by atoms with Crippen molar-refractivity contribution in [3.8, 4) is 11.3 Å². The van der Waals surface area contributed by atoms with Crippen LogP contribution in [0.15, 0.2) is 29.6 Å². The highest BCUT2D eigenvalue weighted by Gasteiger charge is 2.21. The molecule has 2 rings (SSSR count). The molecule has 0 aliphatic heterocycles. The van der Waals surface area contributed by atoms with Crippen molar-refractivity contribution in [2.45, 2.75) is 27.7 Å². The van der Waals surface area contributed by atoms with Gasteiger partial charge in [0.25, 0.3) is 0 Å². The Bertz CT molecular complexity index is 684. The first kappa shape index (κ1) is 16.2. The van der Waals surface area contributed by atoms with Crippen LogP contribution in [-0.2, 0) is 9.59 Å². The van der Waals surface area contributed by atoms with Gasteiger partial charge in [-0.3, -0.25) is 9.59 Å². The minimum Gasteiger partial charge on any atom is -0.326 e. The van der Waals surface area contributed by atoms with E-state index in [0.29, 0.717) is 5.13 Å². The fraction of sp³-hybridized carbons (Fsp3) is 0.312. The number of hydrogen-bond donors (Lipinski definition) is 2. The summed E-state index contributed by atoms with van der Waals surface area (Å²) in [5.74, 6) is -0.164. The molecule has 2 aromatic rings. The molecule has 1 heterocycles. The topological polar surface area (TPSA) is 71.1 Å². The summed E-state index contributed by atoms with van der Waals surface area (Å²) in [6.07, 6.45) is 0. The third kappa shape index (κ3) is 4.14. The Kier molecular flexibility index (Phi) is 4.61. The van der Waals surface area contributed by atoms with E-state index in [2.05, 4.69) is 15.6 Å². The van der Waals surface area contributed by atoms with Crippen LogP contribution in [0.4, 0.5) is 10.8 Å². The molecular weight excluding hydrogens is 298 g/mol. The summed E-state index contributed by atoms with van der Waals surface area (Å²) in [7, 11) is 0. The van der Waals surface area contributed by atoms with Gasteiger partial charge in [0.2, 0.25) is 11.8 Å². The maximum Gasteiger partial charge on any atom is 0.229 e. The number of hydrogen-bond acceptors (Lipinski definition) is 4. The van der Waals surface area contributed by atoms with Crippen LogP contribution in [0.1, 0.15) is 27.7 Å². The SMILES string of the molecule is CC(=O)Nc1nc(-c2ccc(NC(=O)C(C)(C)C)cc2)cs1. The Balaban J connectivity index is 2.10. The number of carbonyl (C=O) groups is 2. The predicted octanol–water partition coefficient (Wildman–Crippen LogP) is 3.75. The number of rotatable bonds is 3. The lowest BCUT2D eigenvalue weighted by molar-refractivity contribution is -0.123. The zero-order chi connectivity index (χ0) is 16.3. The molecule has 0 bridgehead atoms. The van der Waals surface area contributed by atoms with Crippen LogP contribution in [0.3, 0.4) is 0 Å². The molecule has 0 saturated heterocycles. The largest absolute Gasteiger partial charge is 0.326 e. The van der Waals surface area contributed by atoms with Crippen molar-refractivity contribution in [1.82, 2.24) is 4.98 Å². The van der Waals surface area contributed by atoms with Gasteiger partial charge in [0.05, 0.1) is 5.69 Å². The summed E-state index contributed by atoms with van der Waals surface area (Å²) < 4.78 is 0. The smallest absolute Gasteiger partial charge is 0.229 e. The number of nitrogens with one attached hydrogen (secondary N) is 2. The average Bonchev–Trinajstić information content (AvgIpc) is 2.86. The molecule has 22 heavy (non-hydrogen) atoms. The molecule has 0 saturated carbocycles. The number of benzene rings is 1. The number of anilines is 2. The zero-order valence-electron chi connectivity index (χ0n) is 13.1. The molecule has 5 nitrogen and oxygen atoms in total. The minimum absolute atomic E-state index is 0.0261. The van der Waals surface area contributed by atoms with E-state index in [4.69, 9.17) is 0 Å². The minimum atomic E-state index is -0.430. The van der Waals surface area contributed by atoms with Crippen molar-refractivity contribution < 1.29 is 9.59 Å². The molecule has 0 fully saturated rings. The second kappa shape index (κ2) is 6.27. The highest BCUT2D eigenvalue weighted by Crippen LogP contribution is 2.26. The van der Waals surface area contributed by atoms with Crippen LogP contribution < -0.4 is 10.6 Å². The summed E-state index contributed by atoms with van der Waals surface area (Å²) in [6, 6.07) is 7.47. The third-order valence-corrected chi connectivity index (χ3v) is 3.66. The normalized spacial score (nSPS) is 11.1. The molecule has 1 aromatic carbocycles. The van der Waals surface area contributed by atoms with Gasteiger partial charge in [-0.05, 0) is 12.1 Å². The summed E-state index contributed by atoms with van der Waals surface area (Å²) in [4.78, 5) is 27.3. The first-order valence-corrected chi connectivity index (χ1v) is 7.78. The van der Waals surface area contributed by atoms with Crippen molar-refractivity contribution >= 4 is 34.0 Å². The zero-order valence-corrected chi connectivity index (χ0v) is 13.9. The number of aromatic nitrogens is 1. The summed E-state index contributed by atoms with van der Waals surface area (Å²) in [5, 5.41) is 8.00. The van der Waals surface area contributed by atoms with Crippen molar-refractivity contribution in [3.63, 3.8) is 0 Å². The molecule has 0 spiro atoms. The van der Waals surface area contributed by atoms with E-state index in [1.54, 1.807) is 0 Å². The Labute approximate surface area is 133 Å². The van der Waals surface area contributed by atoms with Crippen LogP contribution in [0.2, 0.25) is 0 Å². The first-order chi connectivity index (χ1) is 10.3. The van der Waals surface area contributed by atoms with Crippen LogP contribution >= 0.6 is 11.3 Å². The van der Waals surface area contributed by atoms with Crippen molar-refractivity contribution in [3.05, 3.63) is 29.6 Å². The number of amides is 2. The van der Waals surface area contributed by atoms with Gasteiger partial charge in [0.1, 0.15) is 0 Å². The van der Waals surface area contributed by atoms with E-state index in [-0.39, 0.29) is 11.8 Å². The van der Waals surface area contributed by atoms with E-state index < -0.39 is 5.41 Å². The maximum absolute atomic E-state index is 11.9. The number of carbonyl (C=O) groups excluding carboxylic acids is 2. The quantitative estimate of drug-likeness (QED) is 0.905. The summed E-state index contributed by atoms with van der Waals surface area (Å²) in [5.41, 5.74) is 2.05. The second-order valence-corrected chi connectivity index (χ2v) is 6.86. The van der Waals surface area contributed by atoms with Gasteiger partial charge in [-0.15, -0.1) is 11.3 Å². The molecule has 1 aromatic heterocycles. The maximum atomic E-state index is 11.9. The van der Waals surface area contributed by atoms with Crippen molar-refractivity contribution in [1.29, 1.82) is 0 Å². The highest BCUT2D eigenvalue weighted by atomic mass is 32.1. The number of thiazole rings is 1. The van der Waals surface area contributed by atoms with Crippen LogP contribution in [0, 0.1) is 5.41 Å². The lowest BCUT2D eigenvalue weighted by Gasteiger charge is -2.17. The lowest BCUT2D eigenvalue weighted by Crippen LogP contribution is -2.27. The van der Waals surface area contributed by atoms with Gasteiger partial charge in [0, 0.05) is 29.0 Å². The molecule has 0 radical (unpaired) electrons. The summed E-state index contributed by atoms with van der Waals surface area (Å²) >= 11 is 1.38. The van der Waals surface area contributed by atoms with E-state index >= 15 is 0 Å². The van der Waals surface area contributed by atoms with Crippen LogP contribution in [0.25, 0.3) is 11.3 Å². The molecule has 2 amide bonds. The molecule has 6 heteroatoms. The third-order valence-electron chi connectivity index (χ3n) is 2.91. The second-order valence-electron chi connectivity index (χ2n) is 6.00. The number of nitrogens with zero attached hydrogens (tertiary/aromatic N) is 1. The fourth-order valence-corrected chi connectivity index (χ4v) is 2.42. The molecular formula is C16H19N3O2S.